The summed E-state index contributed by atoms with van der Waals surface area (Å²) < 4.78 is 23.0. The summed E-state index contributed by atoms with van der Waals surface area (Å²) in [7, 11) is 5.99. The molecule has 0 aliphatic heterocycles. The molecule has 9 heteroatoms. The number of likely N-dealkylation sites (N-methyl/N-ethyl adjacent to an activating group) is 1. The van der Waals surface area contributed by atoms with Crippen LogP contribution in [0.3, 0.4) is 0 Å². The van der Waals surface area contributed by atoms with Crippen LogP contribution in [-0.4, -0.2) is 87.4 Å². The van der Waals surface area contributed by atoms with E-state index in [0.717, 1.165) is 38.5 Å². The van der Waals surface area contributed by atoms with Crippen LogP contribution in [-0.2, 0) is 33.3 Å². The highest BCUT2D eigenvalue weighted by Crippen LogP contribution is 2.18. The number of nitrogens with zero attached hydrogens (tertiary/aromatic N) is 1. The lowest BCUT2D eigenvalue weighted by atomic mass is 10.0. The van der Waals surface area contributed by atoms with E-state index in [9.17, 15) is 19.5 Å². The van der Waals surface area contributed by atoms with Gasteiger partial charge in [-0.1, -0.05) is 283 Å². The van der Waals surface area contributed by atoms with Crippen LogP contribution in [0.25, 0.3) is 0 Å². The number of carbonyl (C=O) groups is 3. The van der Waals surface area contributed by atoms with Crippen LogP contribution in [0.15, 0.2) is 12.2 Å². The number of unbranched alkanes of at least 4 members (excludes halogenated alkanes) is 43. The Bertz CT molecular complexity index is 1200. The fraction of sp³-hybridized carbons (Fsp3) is 0.922. The number of quaternary nitrogens is 1. The predicted octanol–water partition coefficient (Wildman–Crippen LogP) is 18.9. The van der Waals surface area contributed by atoms with Gasteiger partial charge < -0.3 is 28.5 Å². The maximum absolute atomic E-state index is 12.9. The van der Waals surface area contributed by atoms with Crippen molar-refractivity contribution in [2.24, 2.45) is 0 Å². The van der Waals surface area contributed by atoms with Crippen molar-refractivity contribution in [3.63, 3.8) is 0 Å². The lowest BCUT2D eigenvalue weighted by Crippen LogP contribution is -2.40. The van der Waals surface area contributed by atoms with E-state index in [1.54, 1.807) is 0 Å². The van der Waals surface area contributed by atoms with Crippen LogP contribution in [0, 0.1) is 0 Å². The molecule has 73 heavy (non-hydrogen) atoms. The molecule has 9 nitrogen and oxygen atoms in total. The second-order valence-corrected chi connectivity index (χ2v) is 23.1. The first-order valence-corrected chi connectivity index (χ1v) is 31.9. The van der Waals surface area contributed by atoms with Crippen LogP contribution in [0.4, 0.5) is 0 Å². The molecule has 0 saturated carbocycles. The summed E-state index contributed by atoms with van der Waals surface area (Å²) in [4.78, 5) is 37.5. The molecule has 0 aliphatic rings. The number of carboxylic acids is 1. The molecule has 432 valence electrons. The van der Waals surface area contributed by atoms with Gasteiger partial charge in [-0.05, 0) is 38.5 Å². The summed E-state index contributed by atoms with van der Waals surface area (Å²) in [6.07, 6.45) is 63.0. The van der Waals surface area contributed by atoms with Crippen LogP contribution in [0.5, 0.6) is 0 Å². The average Bonchev–Trinajstić information content (AvgIpc) is 3.36. The minimum atomic E-state index is -1.51. The first-order valence-electron chi connectivity index (χ1n) is 31.9. The molecule has 0 radical (unpaired) electrons. The molecule has 0 amide bonds. The van der Waals surface area contributed by atoms with E-state index in [0.29, 0.717) is 17.4 Å². The van der Waals surface area contributed by atoms with Gasteiger partial charge in [0.25, 0.3) is 6.29 Å². The Morgan fingerprint density at radius 3 is 1.01 bits per heavy atom. The van der Waals surface area contributed by atoms with Gasteiger partial charge in [-0.2, -0.15) is 0 Å². The molecule has 1 N–H and O–H groups in total. The van der Waals surface area contributed by atoms with Gasteiger partial charge in [0, 0.05) is 12.8 Å². The molecule has 2 atom stereocenters. The number of hydrogen-bond acceptors (Lipinski definition) is 7. The number of hydrogen-bond donors (Lipinski definition) is 1. The Morgan fingerprint density at radius 2 is 0.699 bits per heavy atom. The standard InChI is InChI=1S/C64H123NO8/c1-6-8-10-12-14-16-18-20-22-24-26-28-29-30-31-32-33-35-37-39-41-43-45-47-49-51-53-55-62(67)73-60(59-72-64(63(68)69)70-57-56-65(3,4)5)58-71-61(66)54-52-50-48-46-44-42-40-38-36-34-27-25-23-21-19-17-15-13-11-9-7-2/h24,26,60,64H,6-23,25,27-59H2,1-5H3/p+1/b26-24-. The number of allylic oxidation sites excluding steroid dienone is 2. The van der Waals surface area contributed by atoms with Crippen LogP contribution in [0.2, 0.25) is 0 Å². The van der Waals surface area contributed by atoms with E-state index in [4.69, 9.17) is 18.9 Å². The van der Waals surface area contributed by atoms with Crippen molar-refractivity contribution in [1.82, 2.24) is 0 Å². The molecule has 0 spiro atoms. The maximum atomic E-state index is 12.9. The summed E-state index contributed by atoms with van der Waals surface area (Å²) >= 11 is 0. The van der Waals surface area contributed by atoms with Crippen LogP contribution in [0.1, 0.15) is 322 Å². The molecule has 0 aromatic heterocycles. The molecule has 0 aliphatic carbocycles. The monoisotopic (exact) mass is 1030 g/mol. The van der Waals surface area contributed by atoms with E-state index < -0.39 is 18.4 Å². The van der Waals surface area contributed by atoms with Crippen molar-refractivity contribution in [2.45, 2.75) is 334 Å². The molecular weight excluding hydrogens is 911 g/mol. The number of carbonyl (C=O) groups excluding carboxylic acids is 2. The third-order valence-electron chi connectivity index (χ3n) is 14.5. The van der Waals surface area contributed by atoms with E-state index in [1.165, 1.54) is 257 Å². The second-order valence-electron chi connectivity index (χ2n) is 23.1. The lowest BCUT2D eigenvalue weighted by molar-refractivity contribution is -0.870. The Hall–Kier alpha value is -1.97. The quantitative estimate of drug-likeness (QED) is 0.0211. The van der Waals surface area contributed by atoms with Crippen molar-refractivity contribution >= 4 is 17.9 Å². The molecule has 0 aromatic carbocycles. The topological polar surface area (TPSA) is 108 Å². The van der Waals surface area contributed by atoms with E-state index in [1.807, 2.05) is 21.1 Å². The molecule has 0 aromatic rings. The molecule has 0 saturated heterocycles. The van der Waals surface area contributed by atoms with Crippen molar-refractivity contribution in [1.29, 1.82) is 0 Å². The van der Waals surface area contributed by atoms with Crippen molar-refractivity contribution in [3.8, 4) is 0 Å². The summed E-state index contributed by atoms with van der Waals surface area (Å²) in [6, 6.07) is 0. The normalized spacial score (nSPS) is 12.7. The first kappa shape index (κ1) is 71.0. The lowest BCUT2D eigenvalue weighted by Gasteiger charge is -2.25. The van der Waals surface area contributed by atoms with Gasteiger partial charge in [-0.25, -0.2) is 4.79 Å². The van der Waals surface area contributed by atoms with Gasteiger partial charge >= 0.3 is 17.9 Å². The summed E-state index contributed by atoms with van der Waals surface area (Å²) in [5.41, 5.74) is 0. The van der Waals surface area contributed by atoms with Gasteiger partial charge in [-0.3, -0.25) is 9.59 Å². The van der Waals surface area contributed by atoms with Crippen molar-refractivity contribution < 1.29 is 42.9 Å². The van der Waals surface area contributed by atoms with Crippen LogP contribution >= 0.6 is 0 Å². The van der Waals surface area contributed by atoms with Crippen LogP contribution < -0.4 is 0 Å². The fourth-order valence-corrected chi connectivity index (χ4v) is 9.60. The smallest absolute Gasteiger partial charge is 0.361 e. The Labute approximate surface area is 453 Å². The maximum Gasteiger partial charge on any atom is 0.361 e. The fourth-order valence-electron chi connectivity index (χ4n) is 9.60. The summed E-state index contributed by atoms with van der Waals surface area (Å²) in [5, 5.41) is 9.72. The van der Waals surface area contributed by atoms with Gasteiger partial charge in [0.15, 0.2) is 6.10 Å². The molecule has 0 rings (SSSR count). The first-order chi connectivity index (χ1) is 35.6. The van der Waals surface area contributed by atoms with E-state index >= 15 is 0 Å². The van der Waals surface area contributed by atoms with Gasteiger partial charge in [0.2, 0.25) is 0 Å². The van der Waals surface area contributed by atoms with Gasteiger partial charge in [-0.15, -0.1) is 0 Å². The van der Waals surface area contributed by atoms with Crippen molar-refractivity contribution in [3.05, 3.63) is 12.2 Å². The molecule has 0 heterocycles. The summed E-state index contributed by atoms with van der Waals surface area (Å²) in [6.45, 7) is 4.95. The average molecular weight is 1040 g/mol. The number of aliphatic carboxylic acids is 1. The van der Waals surface area contributed by atoms with Crippen molar-refractivity contribution in [2.75, 3.05) is 47.5 Å². The number of rotatable bonds is 60. The second kappa shape index (κ2) is 56.2. The zero-order valence-corrected chi connectivity index (χ0v) is 49.3. The highest BCUT2D eigenvalue weighted by atomic mass is 16.7. The third-order valence-corrected chi connectivity index (χ3v) is 14.5. The zero-order valence-electron chi connectivity index (χ0n) is 49.3. The molecule has 2 unspecified atom stereocenters. The van der Waals surface area contributed by atoms with E-state index in [-0.39, 0.29) is 38.2 Å². The number of carboxylic acid groups (broad SMARTS) is 1. The molecule has 0 bridgehead atoms. The number of esters is 2. The zero-order chi connectivity index (χ0) is 53.4. The summed E-state index contributed by atoms with van der Waals surface area (Å²) in [5.74, 6) is -1.97. The Morgan fingerprint density at radius 1 is 0.397 bits per heavy atom. The molecule has 0 fully saturated rings. The van der Waals surface area contributed by atoms with Gasteiger partial charge in [0.05, 0.1) is 34.4 Å². The number of ether oxygens (including phenoxy) is 4. The highest BCUT2D eigenvalue weighted by molar-refractivity contribution is 5.71. The largest absolute Gasteiger partial charge is 0.477 e. The van der Waals surface area contributed by atoms with Gasteiger partial charge in [0.1, 0.15) is 13.2 Å². The Kier molecular flexibility index (Phi) is 54.7. The van der Waals surface area contributed by atoms with E-state index in [2.05, 4.69) is 26.0 Å². The highest BCUT2D eigenvalue weighted by Gasteiger charge is 2.25. The molecular formula is C64H124NO8+. The minimum absolute atomic E-state index is 0.174. The predicted molar refractivity (Wildman–Crippen MR) is 309 cm³/mol. The third kappa shape index (κ3) is 57.6. The minimum Gasteiger partial charge on any atom is -0.477 e. The Balaban J connectivity index is 4.13. The SMILES string of the molecule is CCCCCCCCCC/C=C\CCCCCCCCCCCCCCCCCC(=O)OC(COC(=O)CCCCCCCCCCCCCCCCCCCCCCC)COC(OCC[N+](C)(C)C)C(=O)O.